The molecule has 198 valence electrons. The second-order valence-electron chi connectivity index (χ2n) is 8.96. The zero-order valence-electron chi connectivity index (χ0n) is 20.4. The lowest BCUT2D eigenvalue weighted by Gasteiger charge is -2.36. The SMILES string of the molecule is COc1ccc(-c2nc(C(=O)N3CCN(C(=O)C(C)(C)F)CC3)c(CN)o2)c2ccc(C(F)(F)F)nc12. The molecular weight excluding hydrogens is 498 g/mol. The minimum absolute atomic E-state index is 0.0222. The third kappa shape index (κ3) is 5.08. The van der Waals surface area contributed by atoms with Gasteiger partial charge in [-0.2, -0.15) is 13.2 Å². The highest BCUT2D eigenvalue weighted by Gasteiger charge is 2.36. The predicted octanol–water partition coefficient (Wildman–Crippen LogP) is 3.41. The van der Waals surface area contributed by atoms with E-state index in [1.54, 1.807) is 6.07 Å². The maximum Gasteiger partial charge on any atom is 0.433 e. The van der Waals surface area contributed by atoms with Crippen molar-refractivity contribution in [1.29, 1.82) is 0 Å². The summed E-state index contributed by atoms with van der Waals surface area (Å²) in [6, 6.07) is 5.05. The van der Waals surface area contributed by atoms with Gasteiger partial charge < -0.3 is 24.7 Å². The summed E-state index contributed by atoms with van der Waals surface area (Å²) in [7, 11) is 1.31. The number of ether oxygens (including phenoxy) is 1. The fourth-order valence-electron chi connectivity index (χ4n) is 4.11. The van der Waals surface area contributed by atoms with Crippen molar-refractivity contribution < 1.29 is 36.3 Å². The van der Waals surface area contributed by atoms with E-state index in [2.05, 4.69) is 9.97 Å². The molecule has 1 saturated heterocycles. The van der Waals surface area contributed by atoms with Crippen LogP contribution in [-0.2, 0) is 17.5 Å². The van der Waals surface area contributed by atoms with Crippen LogP contribution in [0.15, 0.2) is 28.7 Å². The van der Waals surface area contributed by atoms with E-state index >= 15 is 0 Å². The predicted molar refractivity (Wildman–Crippen MR) is 124 cm³/mol. The average molecular weight is 523 g/mol. The summed E-state index contributed by atoms with van der Waals surface area (Å²) in [5.74, 6) is -0.953. The molecule has 1 fully saturated rings. The Balaban J connectivity index is 1.66. The smallest absolute Gasteiger partial charge is 0.433 e. The Hall–Kier alpha value is -3.74. The van der Waals surface area contributed by atoms with Gasteiger partial charge in [-0.15, -0.1) is 0 Å². The number of halogens is 4. The number of oxazole rings is 1. The van der Waals surface area contributed by atoms with Crippen molar-refractivity contribution in [2.45, 2.75) is 32.2 Å². The van der Waals surface area contributed by atoms with Gasteiger partial charge in [0.05, 0.1) is 13.7 Å². The molecule has 2 amide bonds. The number of pyridine rings is 1. The van der Waals surface area contributed by atoms with E-state index in [4.69, 9.17) is 14.9 Å². The number of nitrogens with zero attached hydrogens (tertiary/aromatic N) is 4. The van der Waals surface area contributed by atoms with Crippen LogP contribution in [0.25, 0.3) is 22.4 Å². The van der Waals surface area contributed by atoms with Gasteiger partial charge in [-0.1, -0.05) is 0 Å². The first-order chi connectivity index (χ1) is 17.3. The first-order valence-corrected chi connectivity index (χ1v) is 11.4. The lowest BCUT2D eigenvalue weighted by atomic mass is 10.1. The van der Waals surface area contributed by atoms with E-state index in [1.165, 1.54) is 42.9 Å². The van der Waals surface area contributed by atoms with Gasteiger partial charge in [0.15, 0.2) is 17.1 Å². The van der Waals surface area contributed by atoms with Crippen LogP contribution in [-0.4, -0.2) is 70.5 Å². The van der Waals surface area contributed by atoms with Gasteiger partial charge in [0.25, 0.3) is 11.8 Å². The first kappa shape index (κ1) is 26.3. The number of aromatic nitrogens is 2. The molecule has 4 rings (SSSR count). The molecule has 0 spiro atoms. The number of piperazine rings is 1. The number of carbonyl (C=O) groups excluding carboxylic acids is 2. The Kier molecular flexibility index (Phi) is 6.84. The highest BCUT2D eigenvalue weighted by molar-refractivity contribution is 5.98. The van der Waals surface area contributed by atoms with E-state index in [0.29, 0.717) is 5.56 Å². The number of alkyl halides is 4. The van der Waals surface area contributed by atoms with E-state index in [1.807, 2.05) is 0 Å². The van der Waals surface area contributed by atoms with Crippen LogP contribution in [0.2, 0.25) is 0 Å². The highest BCUT2D eigenvalue weighted by atomic mass is 19.4. The van der Waals surface area contributed by atoms with Crippen LogP contribution in [0.5, 0.6) is 5.75 Å². The Bertz CT molecular complexity index is 1340. The van der Waals surface area contributed by atoms with Crippen molar-refractivity contribution >= 4 is 22.7 Å². The Morgan fingerprint density at radius 1 is 1.03 bits per heavy atom. The number of hydrogen-bond acceptors (Lipinski definition) is 7. The fraction of sp³-hybridized carbons (Fsp3) is 0.417. The number of methoxy groups -OCH3 is 1. The number of nitrogens with two attached hydrogens (primary N) is 1. The number of benzene rings is 1. The van der Waals surface area contributed by atoms with Crippen LogP contribution < -0.4 is 10.5 Å². The second kappa shape index (κ2) is 9.61. The van der Waals surface area contributed by atoms with Gasteiger partial charge in [-0.3, -0.25) is 9.59 Å². The molecule has 1 aliphatic rings. The molecule has 1 aromatic carbocycles. The molecular formula is C24H25F4N5O4. The van der Waals surface area contributed by atoms with Gasteiger partial charge >= 0.3 is 6.18 Å². The van der Waals surface area contributed by atoms with Crippen molar-refractivity contribution in [2.24, 2.45) is 5.73 Å². The first-order valence-electron chi connectivity index (χ1n) is 11.4. The maximum absolute atomic E-state index is 14.0. The molecule has 0 bridgehead atoms. The number of amides is 2. The van der Waals surface area contributed by atoms with Crippen LogP contribution >= 0.6 is 0 Å². The van der Waals surface area contributed by atoms with E-state index < -0.39 is 29.4 Å². The van der Waals surface area contributed by atoms with Crippen LogP contribution in [0, 0.1) is 0 Å². The minimum atomic E-state index is -4.65. The molecule has 3 heterocycles. The summed E-state index contributed by atoms with van der Waals surface area (Å²) in [4.78, 5) is 36.3. The van der Waals surface area contributed by atoms with Crippen LogP contribution in [0.3, 0.4) is 0 Å². The summed E-state index contributed by atoms with van der Waals surface area (Å²) < 4.78 is 64.7. The summed E-state index contributed by atoms with van der Waals surface area (Å²) in [6.45, 7) is 2.81. The summed E-state index contributed by atoms with van der Waals surface area (Å²) in [6.07, 6.45) is -4.65. The topological polar surface area (TPSA) is 115 Å². The quantitative estimate of drug-likeness (QED) is 0.510. The zero-order valence-corrected chi connectivity index (χ0v) is 20.4. The molecule has 0 unspecified atom stereocenters. The van der Waals surface area contributed by atoms with Crippen molar-refractivity contribution in [1.82, 2.24) is 19.8 Å². The molecule has 0 atom stereocenters. The molecule has 1 aliphatic heterocycles. The number of fused-ring (bicyclic) bond motifs is 1. The van der Waals surface area contributed by atoms with E-state index in [-0.39, 0.29) is 66.7 Å². The number of rotatable bonds is 5. The average Bonchev–Trinajstić information content (AvgIpc) is 3.30. The van der Waals surface area contributed by atoms with Crippen molar-refractivity contribution in [3.63, 3.8) is 0 Å². The monoisotopic (exact) mass is 523 g/mol. The van der Waals surface area contributed by atoms with Gasteiger partial charge in [0.2, 0.25) is 5.89 Å². The van der Waals surface area contributed by atoms with Gasteiger partial charge in [-0.05, 0) is 38.1 Å². The highest BCUT2D eigenvalue weighted by Crippen LogP contribution is 2.37. The lowest BCUT2D eigenvalue weighted by molar-refractivity contribution is -0.143. The normalized spacial score (nSPS) is 14.8. The Morgan fingerprint density at radius 3 is 2.24 bits per heavy atom. The molecule has 37 heavy (non-hydrogen) atoms. The van der Waals surface area contributed by atoms with E-state index in [9.17, 15) is 27.2 Å². The molecule has 0 radical (unpaired) electrons. The molecule has 13 heteroatoms. The maximum atomic E-state index is 14.0. The van der Waals surface area contributed by atoms with E-state index in [0.717, 1.165) is 6.07 Å². The largest absolute Gasteiger partial charge is 0.494 e. The molecule has 0 aliphatic carbocycles. The second-order valence-corrected chi connectivity index (χ2v) is 8.96. The third-order valence-corrected chi connectivity index (χ3v) is 6.01. The summed E-state index contributed by atoms with van der Waals surface area (Å²) >= 11 is 0. The fourth-order valence-corrected chi connectivity index (χ4v) is 4.11. The van der Waals surface area contributed by atoms with Crippen molar-refractivity contribution in [2.75, 3.05) is 33.3 Å². The van der Waals surface area contributed by atoms with Gasteiger partial charge in [-0.25, -0.2) is 14.4 Å². The Morgan fingerprint density at radius 2 is 1.68 bits per heavy atom. The number of carbonyl (C=O) groups is 2. The zero-order chi connectivity index (χ0) is 27.1. The molecule has 2 aromatic heterocycles. The van der Waals surface area contributed by atoms with Crippen molar-refractivity contribution in [3.05, 3.63) is 41.4 Å². The minimum Gasteiger partial charge on any atom is -0.494 e. The summed E-state index contributed by atoms with van der Waals surface area (Å²) in [5.41, 5.74) is 2.88. The standard InChI is InChI=1S/C24H25F4N5O4/c1-23(2,25)22(35)33-10-8-32(9-11-33)21(34)19-16(12-29)37-20(31-19)14-4-6-15(36-3)18-13(14)5-7-17(30-18)24(26,27)28/h4-7H,8-12,29H2,1-3H3. The van der Waals surface area contributed by atoms with Crippen LogP contribution in [0.4, 0.5) is 17.6 Å². The van der Waals surface area contributed by atoms with Crippen LogP contribution in [0.1, 0.15) is 35.8 Å². The Labute approximate surface area is 209 Å². The van der Waals surface area contributed by atoms with Crippen molar-refractivity contribution in [3.8, 4) is 17.2 Å². The molecule has 3 aromatic rings. The molecule has 9 nitrogen and oxygen atoms in total. The molecule has 0 saturated carbocycles. The summed E-state index contributed by atoms with van der Waals surface area (Å²) in [5, 5.41) is 0.275. The number of hydrogen-bond donors (Lipinski definition) is 1. The lowest BCUT2D eigenvalue weighted by Crippen LogP contribution is -2.54. The third-order valence-electron chi connectivity index (χ3n) is 6.01. The molecule has 2 N–H and O–H groups in total. The van der Waals surface area contributed by atoms with Gasteiger partial charge in [0, 0.05) is 37.1 Å². The van der Waals surface area contributed by atoms with Gasteiger partial charge in [0.1, 0.15) is 17.0 Å².